The third-order valence-electron chi connectivity index (χ3n) is 10.1. The summed E-state index contributed by atoms with van der Waals surface area (Å²) in [6.45, 7) is 0. The van der Waals surface area contributed by atoms with Gasteiger partial charge in [0.05, 0.1) is 0 Å². The van der Waals surface area contributed by atoms with E-state index in [-0.39, 0.29) is 0 Å². The van der Waals surface area contributed by atoms with Crippen molar-refractivity contribution in [2.75, 3.05) is 0 Å². The first kappa shape index (κ1) is 29.9. The zero-order valence-electron chi connectivity index (χ0n) is 28.2. The highest BCUT2D eigenvalue weighted by Gasteiger charge is 2.17. The largest absolute Gasteiger partial charge is 0.208 e. The average Bonchev–Trinajstić information content (AvgIpc) is 3.23. The highest BCUT2D eigenvalue weighted by molar-refractivity contribution is 6.24. The van der Waals surface area contributed by atoms with Crippen molar-refractivity contribution >= 4 is 43.1 Å². The van der Waals surface area contributed by atoms with Gasteiger partial charge in [0.25, 0.3) is 0 Å². The van der Waals surface area contributed by atoms with Crippen LogP contribution in [0, 0.1) is 0 Å². The molecule has 3 nitrogen and oxygen atoms in total. The van der Waals surface area contributed by atoms with Gasteiger partial charge in [-0.05, 0) is 77.5 Å². The summed E-state index contributed by atoms with van der Waals surface area (Å²) in [5.74, 6) is 1.96. The summed E-state index contributed by atoms with van der Waals surface area (Å²) in [5.41, 5.74) is 7.70. The average molecular weight is 662 g/mol. The summed E-state index contributed by atoms with van der Waals surface area (Å²) in [4.78, 5) is 14.8. The molecule has 10 rings (SSSR count). The van der Waals surface area contributed by atoms with Gasteiger partial charge in [0.2, 0.25) is 0 Å². The molecule has 1 aromatic heterocycles. The van der Waals surface area contributed by atoms with Gasteiger partial charge < -0.3 is 0 Å². The number of fused-ring (bicyclic) bond motifs is 6. The predicted molar refractivity (Wildman–Crippen MR) is 217 cm³/mol. The molecule has 0 amide bonds. The zero-order chi connectivity index (χ0) is 34.4. The summed E-state index contributed by atoms with van der Waals surface area (Å²) < 4.78 is 0. The molecule has 0 N–H and O–H groups in total. The monoisotopic (exact) mass is 661 g/mol. The Morgan fingerprint density at radius 3 is 1.21 bits per heavy atom. The number of benzene rings is 9. The molecule has 242 valence electrons. The fraction of sp³-hybridized carbons (Fsp3) is 0. The van der Waals surface area contributed by atoms with Gasteiger partial charge >= 0.3 is 0 Å². The van der Waals surface area contributed by atoms with E-state index in [1.165, 1.54) is 59.8 Å². The molecule has 0 unspecified atom stereocenters. The molecule has 0 spiro atoms. The van der Waals surface area contributed by atoms with Crippen LogP contribution in [0.15, 0.2) is 188 Å². The van der Waals surface area contributed by atoms with Crippen molar-refractivity contribution in [3.8, 4) is 56.4 Å². The van der Waals surface area contributed by atoms with E-state index >= 15 is 0 Å². The summed E-state index contributed by atoms with van der Waals surface area (Å²) in [5, 5.41) is 9.97. The van der Waals surface area contributed by atoms with Gasteiger partial charge in [0, 0.05) is 16.7 Å². The normalized spacial score (nSPS) is 11.5. The Kier molecular flexibility index (Phi) is 7.14. The van der Waals surface area contributed by atoms with Crippen LogP contribution in [0.3, 0.4) is 0 Å². The van der Waals surface area contributed by atoms with Crippen LogP contribution >= 0.6 is 0 Å². The first-order valence-corrected chi connectivity index (χ1v) is 17.6. The molecular weight excluding hydrogens is 631 g/mol. The van der Waals surface area contributed by atoms with Crippen molar-refractivity contribution in [1.29, 1.82) is 0 Å². The second kappa shape index (κ2) is 12.4. The van der Waals surface area contributed by atoms with Gasteiger partial charge in [-0.15, -0.1) is 0 Å². The van der Waals surface area contributed by atoms with Crippen molar-refractivity contribution in [2.45, 2.75) is 0 Å². The highest BCUT2D eigenvalue weighted by atomic mass is 15.0. The van der Waals surface area contributed by atoms with Gasteiger partial charge in [0.15, 0.2) is 17.5 Å². The van der Waals surface area contributed by atoms with Crippen molar-refractivity contribution in [2.24, 2.45) is 0 Å². The summed E-state index contributed by atoms with van der Waals surface area (Å²) in [7, 11) is 0. The second-order valence-corrected chi connectivity index (χ2v) is 13.2. The lowest BCUT2D eigenvalue weighted by Crippen LogP contribution is -2.00. The molecule has 0 saturated heterocycles. The van der Waals surface area contributed by atoms with Crippen LogP contribution in [0.2, 0.25) is 0 Å². The fourth-order valence-electron chi connectivity index (χ4n) is 7.61. The lowest BCUT2D eigenvalue weighted by atomic mass is 9.86. The van der Waals surface area contributed by atoms with Crippen LogP contribution in [-0.4, -0.2) is 15.0 Å². The van der Waals surface area contributed by atoms with E-state index in [0.717, 1.165) is 22.3 Å². The Hall–Kier alpha value is -6.97. The Morgan fingerprint density at radius 1 is 0.231 bits per heavy atom. The fourth-order valence-corrected chi connectivity index (χ4v) is 7.61. The van der Waals surface area contributed by atoms with Crippen molar-refractivity contribution < 1.29 is 0 Å². The SMILES string of the molecule is c1ccc(-c2nc(-c3ccccc3)nc(-c3ccc(-c4cc5c6ccccc6c(-c6cccc7ccccc67)cc5c5ccccc45)cc3)n2)cc1. The molecule has 0 aliphatic rings. The lowest BCUT2D eigenvalue weighted by molar-refractivity contribution is 1.07. The number of hydrogen-bond acceptors (Lipinski definition) is 3. The summed E-state index contributed by atoms with van der Waals surface area (Å²) >= 11 is 0. The number of aromatic nitrogens is 3. The smallest absolute Gasteiger partial charge is 0.164 e. The first-order chi connectivity index (χ1) is 25.8. The minimum absolute atomic E-state index is 0.648. The maximum absolute atomic E-state index is 4.96. The van der Waals surface area contributed by atoms with Gasteiger partial charge in [-0.2, -0.15) is 0 Å². The number of hydrogen-bond donors (Lipinski definition) is 0. The maximum Gasteiger partial charge on any atom is 0.164 e. The Balaban J connectivity index is 1.14. The quantitative estimate of drug-likeness (QED) is 0.172. The van der Waals surface area contributed by atoms with E-state index in [1.54, 1.807) is 0 Å². The van der Waals surface area contributed by atoms with Gasteiger partial charge in [-0.25, -0.2) is 15.0 Å². The standard InChI is InChI=1S/C49H31N3/c1-3-15-34(16-4-1)47-50-48(35-17-5-2-6-18-35)52-49(51-47)36-28-26-33(27-29-36)43-30-45-42-24-12-11-23-41(42)44(31-46(45)40-22-10-9-21-39(40)43)38-25-13-19-32-14-7-8-20-37(32)38/h1-31H. The van der Waals surface area contributed by atoms with Crippen molar-refractivity contribution in [1.82, 2.24) is 15.0 Å². The molecule has 0 fully saturated rings. The van der Waals surface area contributed by atoms with Gasteiger partial charge in [-0.1, -0.05) is 176 Å². The van der Waals surface area contributed by atoms with E-state index in [9.17, 15) is 0 Å². The zero-order valence-corrected chi connectivity index (χ0v) is 28.2. The van der Waals surface area contributed by atoms with Crippen LogP contribution in [0.25, 0.3) is 99.5 Å². The van der Waals surface area contributed by atoms with Crippen molar-refractivity contribution in [3.63, 3.8) is 0 Å². The molecule has 10 aromatic rings. The van der Waals surface area contributed by atoms with Gasteiger partial charge in [0.1, 0.15) is 0 Å². The van der Waals surface area contributed by atoms with E-state index in [2.05, 4.69) is 127 Å². The molecule has 0 aliphatic heterocycles. The van der Waals surface area contributed by atoms with Crippen LogP contribution in [-0.2, 0) is 0 Å². The van der Waals surface area contributed by atoms with Crippen LogP contribution < -0.4 is 0 Å². The molecule has 0 radical (unpaired) electrons. The van der Waals surface area contributed by atoms with Crippen LogP contribution in [0.1, 0.15) is 0 Å². The Morgan fingerprint density at radius 2 is 0.635 bits per heavy atom. The highest BCUT2D eigenvalue weighted by Crippen LogP contribution is 2.43. The van der Waals surface area contributed by atoms with E-state index in [1.807, 2.05) is 60.7 Å². The molecule has 0 aliphatic carbocycles. The van der Waals surface area contributed by atoms with Gasteiger partial charge in [-0.3, -0.25) is 0 Å². The molecule has 0 bridgehead atoms. The number of nitrogens with zero attached hydrogens (tertiary/aromatic N) is 3. The maximum atomic E-state index is 4.96. The lowest BCUT2D eigenvalue weighted by Gasteiger charge is -2.17. The summed E-state index contributed by atoms with van der Waals surface area (Å²) in [6, 6.07) is 66.6. The molecule has 0 saturated carbocycles. The molecule has 0 atom stereocenters. The third-order valence-corrected chi connectivity index (χ3v) is 10.1. The molecule has 9 aromatic carbocycles. The molecular formula is C49H31N3. The van der Waals surface area contributed by atoms with Crippen LogP contribution in [0.4, 0.5) is 0 Å². The van der Waals surface area contributed by atoms with E-state index < -0.39 is 0 Å². The third kappa shape index (κ3) is 5.10. The molecule has 3 heteroatoms. The molecule has 52 heavy (non-hydrogen) atoms. The Bertz CT molecular complexity index is 2870. The van der Waals surface area contributed by atoms with E-state index in [4.69, 9.17) is 15.0 Å². The molecule has 1 heterocycles. The van der Waals surface area contributed by atoms with Crippen LogP contribution in [0.5, 0.6) is 0 Å². The minimum atomic E-state index is 0.648. The number of rotatable bonds is 5. The Labute approximate surface area is 301 Å². The predicted octanol–water partition coefficient (Wildman–Crippen LogP) is 12.8. The second-order valence-electron chi connectivity index (χ2n) is 13.2. The van der Waals surface area contributed by atoms with Crippen molar-refractivity contribution in [3.05, 3.63) is 188 Å². The topological polar surface area (TPSA) is 38.7 Å². The summed E-state index contributed by atoms with van der Waals surface area (Å²) in [6.07, 6.45) is 0. The van der Waals surface area contributed by atoms with E-state index in [0.29, 0.717) is 17.5 Å². The first-order valence-electron chi connectivity index (χ1n) is 17.6. The minimum Gasteiger partial charge on any atom is -0.208 e.